The topological polar surface area (TPSA) is 79.3 Å². The zero-order valence-corrected chi connectivity index (χ0v) is 14.3. The molecule has 1 aromatic heterocycles. The average Bonchev–Trinajstić information content (AvgIpc) is 3.00. The Balaban J connectivity index is 1.95. The smallest absolute Gasteiger partial charge is 0.326 e. The maximum Gasteiger partial charge on any atom is 0.326 e. The molecule has 1 aromatic carbocycles. The van der Waals surface area contributed by atoms with Crippen molar-refractivity contribution in [1.29, 1.82) is 0 Å². The van der Waals surface area contributed by atoms with Gasteiger partial charge in [0.15, 0.2) is 0 Å². The fourth-order valence-electron chi connectivity index (χ4n) is 2.00. The van der Waals surface area contributed by atoms with Crippen LogP contribution in [0.4, 0.5) is 0 Å². The lowest BCUT2D eigenvalue weighted by atomic mass is 10.2. The van der Waals surface area contributed by atoms with Crippen LogP contribution in [0.1, 0.15) is 12.1 Å². The number of carbonyl (C=O) groups is 2. The third-order valence-corrected chi connectivity index (χ3v) is 4.74. The molecule has 1 amide bonds. The normalized spacial score (nSPS) is 11.9. The van der Waals surface area contributed by atoms with Crippen LogP contribution in [0.5, 0.6) is 0 Å². The lowest BCUT2D eigenvalue weighted by Gasteiger charge is -2.13. The SMILES string of the molecule is CSCC[C@@H](NC(=O)Cc1csc(-c2ccccc2)n1)C(=O)O. The molecule has 5 nitrogen and oxygen atoms in total. The molecule has 0 aliphatic heterocycles. The highest BCUT2D eigenvalue weighted by Crippen LogP contribution is 2.23. The minimum absolute atomic E-state index is 0.0897. The molecule has 0 aliphatic rings. The number of carboxylic acid groups (broad SMARTS) is 1. The van der Waals surface area contributed by atoms with Crippen LogP contribution < -0.4 is 5.32 Å². The van der Waals surface area contributed by atoms with E-state index in [2.05, 4.69) is 10.3 Å². The molecule has 1 atom stereocenters. The van der Waals surface area contributed by atoms with Gasteiger partial charge in [0.1, 0.15) is 11.0 Å². The van der Waals surface area contributed by atoms with E-state index in [-0.39, 0.29) is 12.3 Å². The zero-order chi connectivity index (χ0) is 16.7. The molecule has 0 radical (unpaired) electrons. The third kappa shape index (κ3) is 5.37. The lowest BCUT2D eigenvalue weighted by molar-refractivity contribution is -0.141. The molecule has 2 aromatic rings. The summed E-state index contributed by atoms with van der Waals surface area (Å²) in [4.78, 5) is 27.6. The Bertz CT molecular complexity index is 658. The van der Waals surface area contributed by atoms with Gasteiger partial charge in [-0.2, -0.15) is 11.8 Å². The van der Waals surface area contributed by atoms with Gasteiger partial charge in [0.05, 0.1) is 12.1 Å². The summed E-state index contributed by atoms with van der Waals surface area (Å²) >= 11 is 3.03. The van der Waals surface area contributed by atoms with E-state index in [0.29, 0.717) is 17.9 Å². The van der Waals surface area contributed by atoms with Crippen LogP contribution in [0.3, 0.4) is 0 Å². The Labute approximate surface area is 143 Å². The van der Waals surface area contributed by atoms with Gasteiger partial charge in [-0.05, 0) is 18.4 Å². The Hall–Kier alpha value is -1.86. The van der Waals surface area contributed by atoms with E-state index in [0.717, 1.165) is 10.6 Å². The van der Waals surface area contributed by atoms with Crippen molar-refractivity contribution in [3.8, 4) is 10.6 Å². The number of nitrogens with zero attached hydrogens (tertiary/aromatic N) is 1. The number of hydrogen-bond donors (Lipinski definition) is 2. The van der Waals surface area contributed by atoms with Gasteiger partial charge < -0.3 is 10.4 Å². The van der Waals surface area contributed by atoms with Gasteiger partial charge in [-0.15, -0.1) is 11.3 Å². The van der Waals surface area contributed by atoms with E-state index in [9.17, 15) is 9.59 Å². The van der Waals surface area contributed by atoms with E-state index in [1.165, 1.54) is 11.3 Å². The van der Waals surface area contributed by atoms with Crippen LogP contribution in [-0.2, 0) is 16.0 Å². The van der Waals surface area contributed by atoms with E-state index in [4.69, 9.17) is 5.11 Å². The number of nitrogens with one attached hydrogen (secondary N) is 1. The van der Waals surface area contributed by atoms with Gasteiger partial charge in [-0.25, -0.2) is 9.78 Å². The number of rotatable bonds is 8. The van der Waals surface area contributed by atoms with Crippen LogP contribution in [0.2, 0.25) is 0 Å². The largest absolute Gasteiger partial charge is 0.480 e. The third-order valence-electron chi connectivity index (χ3n) is 3.16. The quantitative estimate of drug-likeness (QED) is 0.765. The van der Waals surface area contributed by atoms with E-state index in [1.807, 2.05) is 42.0 Å². The van der Waals surface area contributed by atoms with Gasteiger partial charge in [-0.3, -0.25) is 4.79 Å². The fourth-order valence-corrected chi connectivity index (χ4v) is 3.30. The number of aromatic nitrogens is 1. The molecule has 2 N–H and O–H groups in total. The average molecular weight is 350 g/mol. The molecule has 0 spiro atoms. The minimum Gasteiger partial charge on any atom is -0.480 e. The Kier molecular flexibility index (Phi) is 6.61. The zero-order valence-electron chi connectivity index (χ0n) is 12.7. The molecular weight excluding hydrogens is 332 g/mol. The van der Waals surface area contributed by atoms with Crippen LogP contribution in [0.25, 0.3) is 10.6 Å². The van der Waals surface area contributed by atoms with Gasteiger partial charge in [0.2, 0.25) is 5.91 Å². The van der Waals surface area contributed by atoms with Crippen LogP contribution in [-0.4, -0.2) is 40.0 Å². The summed E-state index contributed by atoms with van der Waals surface area (Å²) in [6, 6.07) is 8.89. The minimum atomic E-state index is -1.00. The van der Waals surface area contributed by atoms with Crippen molar-refractivity contribution in [3.63, 3.8) is 0 Å². The van der Waals surface area contributed by atoms with Gasteiger partial charge in [0, 0.05) is 10.9 Å². The monoisotopic (exact) mass is 350 g/mol. The fraction of sp³-hybridized carbons (Fsp3) is 0.312. The predicted molar refractivity (Wildman–Crippen MR) is 93.8 cm³/mol. The number of carbonyl (C=O) groups excluding carboxylic acids is 1. The number of benzene rings is 1. The summed E-state index contributed by atoms with van der Waals surface area (Å²) in [6.45, 7) is 0. The lowest BCUT2D eigenvalue weighted by Crippen LogP contribution is -2.41. The second kappa shape index (κ2) is 8.69. The highest BCUT2D eigenvalue weighted by atomic mass is 32.2. The van der Waals surface area contributed by atoms with E-state index in [1.54, 1.807) is 11.8 Å². The number of thiazole rings is 1. The molecular formula is C16H18N2O3S2. The molecule has 0 unspecified atom stereocenters. The van der Waals surface area contributed by atoms with Crippen molar-refractivity contribution in [2.75, 3.05) is 12.0 Å². The van der Waals surface area contributed by atoms with Crippen molar-refractivity contribution < 1.29 is 14.7 Å². The highest BCUT2D eigenvalue weighted by Gasteiger charge is 2.20. The van der Waals surface area contributed by atoms with Crippen LogP contribution >= 0.6 is 23.1 Å². The first-order valence-electron chi connectivity index (χ1n) is 7.11. The molecule has 1 heterocycles. The second-order valence-corrected chi connectivity index (χ2v) is 6.77. The summed E-state index contributed by atoms with van der Waals surface area (Å²) < 4.78 is 0. The Morgan fingerprint density at radius 1 is 1.35 bits per heavy atom. The maximum absolute atomic E-state index is 12.0. The Morgan fingerprint density at radius 2 is 2.09 bits per heavy atom. The van der Waals surface area contributed by atoms with E-state index >= 15 is 0 Å². The van der Waals surface area contributed by atoms with Crippen molar-refractivity contribution in [2.45, 2.75) is 18.9 Å². The molecule has 2 rings (SSSR count). The molecule has 7 heteroatoms. The van der Waals surface area contributed by atoms with Gasteiger partial charge in [0.25, 0.3) is 0 Å². The van der Waals surface area contributed by atoms with Gasteiger partial charge in [-0.1, -0.05) is 30.3 Å². The highest BCUT2D eigenvalue weighted by molar-refractivity contribution is 7.98. The molecule has 0 bridgehead atoms. The number of aliphatic carboxylic acids is 1. The number of amides is 1. The van der Waals surface area contributed by atoms with Crippen molar-refractivity contribution in [3.05, 3.63) is 41.4 Å². The van der Waals surface area contributed by atoms with E-state index < -0.39 is 12.0 Å². The summed E-state index contributed by atoms with van der Waals surface area (Å²) in [5, 5.41) is 14.4. The van der Waals surface area contributed by atoms with Crippen LogP contribution in [0.15, 0.2) is 35.7 Å². The predicted octanol–water partition coefficient (Wildman–Crippen LogP) is 2.68. The van der Waals surface area contributed by atoms with Crippen molar-refractivity contribution >= 4 is 35.0 Å². The molecule has 122 valence electrons. The molecule has 23 heavy (non-hydrogen) atoms. The molecule has 0 saturated carbocycles. The number of hydrogen-bond acceptors (Lipinski definition) is 5. The molecule has 0 saturated heterocycles. The Morgan fingerprint density at radius 3 is 2.74 bits per heavy atom. The van der Waals surface area contributed by atoms with Crippen LogP contribution in [0, 0.1) is 0 Å². The first-order chi connectivity index (χ1) is 11.1. The van der Waals surface area contributed by atoms with Crippen molar-refractivity contribution in [2.24, 2.45) is 0 Å². The van der Waals surface area contributed by atoms with Crippen molar-refractivity contribution in [1.82, 2.24) is 10.3 Å². The standard InChI is InChI=1S/C16H18N2O3S2/c1-22-8-7-13(16(20)21)18-14(19)9-12-10-23-15(17-12)11-5-3-2-4-6-11/h2-6,10,13H,7-9H2,1H3,(H,18,19)(H,20,21)/t13-/m1/s1. The summed E-state index contributed by atoms with van der Waals surface area (Å²) in [6.07, 6.45) is 2.40. The second-order valence-electron chi connectivity index (χ2n) is 4.93. The first-order valence-corrected chi connectivity index (χ1v) is 9.38. The maximum atomic E-state index is 12.0. The first kappa shape index (κ1) is 17.5. The summed E-state index contributed by atoms with van der Waals surface area (Å²) in [5.41, 5.74) is 1.66. The summed E-state index contributed by atoms with van der Waals surface area (Å²) in [7, 11) is 0. The number of thioether (sulfide) groups is 1. The van der Waals surface area contributed by atoms with Gasteiger partial charge >= 0.3 is 5.97 Å². The molecule has 0 aliphatic carbocycles. The molecule has 0 fully saturated rings. The summed E-state index contributed by atoms with van der Waals surface area (Å²) in [5.74, 6) is -0.634. The number of carboxylic acids is 1.